The van der Waals surface area contributed by atoms with Crippen LogP contribution in [0.25, 0.3) is 0 Å². The van der Waals surface area contributed by atoms with Crippen molar-refractivity contribution in [3.05, 3.63) is 42.5 Å². The lowest BCUT2D eigenvalue weighted by Crippen LogP contribution is -2.54. The molecular formula is C15H18N2O5S2. The number of aliphatic carboxylic acids is 1. The second-order valence-corrected chi connectivity index (χ2v) is 8.18. The number of sulfonamides is 1. The first-order valence-corrected chi connectivity index (χ1v) is 9.79. The van der Waals surface area contributed by atoms with E-state index in [2.05, 4.69) is 16.6 Å². The number of hydrogen-bond acceptors (Lipinski definition) is 5. The summed E-state index contributed by atoms with van der Waals surface area (Å²) in [7, 11) is -3.66. The van der Waals surface area contributed by atoms with Gasteiger partial charge in [-0.15, -0.1) is 6.58 Å². The van der Waals surface area contributed by atoms with Gasteiger partial charge in [-0.05, 0) is 36.4 Å². The van der Waals surface area contributed by atoms with Crippen molar-refractivity contribution in [3.8, 4) is 0 Å². The molecule has 1 unspecified atom stereocenters. The van der Waals surface area contributed by atoms with Crippen molar-refractivity contribution in [1.82, 2.24) is 10.0 Å². The van der Waals surface area contributed by atoms with Crippen molar-refractivity contribution in [3.63, 3.8) is 0 Å². The van der Waals surface area contributed by atoms with Crippen LogP contribution < -0.4 is 10.0 Å². The first kappa shape index (κ1) is 18.5. The number of hydrogen-bond donors (Lipinski definition) is 3. The number of benzene rings is 1. The number of carboxylic acids is 1. The van der Waals surface area contributed by atoms with Gasteiger partial charge in [0.2, 0.25) is 10.0 Å². The molecule has 130 valence electrons. The lowest BCUT2D eigenvalue weighted by molar-refractivity contribution is -0.143. The summed E-state index contributed by atoms with van der Waals surface area (Å²) >= 11 is 1.47. The van der Waals surface area contributed by atoms with Gasteiger partial charge in [0.1, 0.15) is 5.54 Å². The molecule has 2 rings (SSSR count). The maximum atomic E-state index is 12.3. The van der Waals surface area contributed by atoms with Crippen LogP contribution in [-0.2, 0) is 14.8 Å². The summed E-state index contributed by atoms with van der Waals surface area (Å²) in [5, 5.41) is 11.9. The van der Waals surface area contributed by atoms with Crippen LogP contribution in [0.5, 0.6) is 0 Å². The van der Waals surface area contributed by atoms with E-state index in [4.69, 9.17) is 0 Å². The Balaban J connectivity index is 2.14. The Labute approximate surface area is 144 Å². The molecule has 0 saturated carbocycles. The van der Waals surface area contributed by atoms with Crippen molar-refractivity contribution in [2.24, 2.45) is 0 Å². The third-order valence-electron chi connectivity index (χ3n) is 3.63. The van der Waals surface area contributed by atoms with Gasteiger partial charge in [-0.1, -0.05) is 6.08 Å². The van der Waals surface area contributed by atoms with Crippen molar-refractivity contribution < 1.29 is 23.1 Å². The summed E-state index contributed by atoms with van der Waals surface area (Å²) in [6, 6.07) is 5.32. The molecule has 1 heterocycles. The number of nitrogens with one attached hydrogen (secondary N) is 2. The van der Waals surface area contributed by atoms with E-state index in [0.717, 1.165) is 0 Å². The average molecular weight is 370 g/mol. The summed E-state index contributed by atoms with van der Waals surface area (Å²) in [5.41, 5.74) is -1.06. The molecule has 9 heteroatoms. The van der Waals surface area contributed by atoms with Gasteiger partial charge in [-0.3, -0.25) is 4.79 Å². The van der Waals surface area contributed by atoms with Crippen LogP contribution in [0.2, 0.25) is 0 Å². The van der Waals surface area contributed by atoms with Crippen molar-refractivity contribution in [2.75, 3.05) is 18.1 Å². The third kappa shape index (κ3) is 3.97. The first-order chi connectivity index (χ1) is 11.3. The lowest BCUT2D eigenvalue weighted by Gasteiger charge is -2.24. The summed E-state index contributed by atoms with van der Waals surface area (Å²) in [6.45, 7) is 3.54. The highest BCUT2D eigenvalue weighted by molar-refractivity contribution is 7.99. The van der Waals surface area contributed by atoms with E-state index < -0.39 is 27.4 Å². The van der Waals surface area contributed by atoms with E-state index >= 15 is 0 Å². The van der Waals surface area contributed by atoms with Crippen LogP contribution in [-0.4, -0.2) is 49.0 Å². The summed E-state index contributed by atoms with van der Waals surface area (Å²) in [5.74, 6) is -0.623. The minimum Gasteiger partial charge on any atom is -0.479 e. The van der Waals surface area contributed by atoms with Crippen LogP contribution in [0.15, 0.2) is 41.8 Å². The number of carbonyl (C=O) groups excluding carboxylic acids is 1. The van der Waals surface area contributed by atoms with Gasteiger partial charge < -0.3 is 10.4 Å². The largest absolute Gasteiger partial charge is 0.479 e. The van der Waals surface area contributed by atoms with E-state index in [1.54, 1.807) is 0 Å². The second kappa shape index (κ2) is 7.37. The van der Waals surface area contributed by atoms with Crippen molar-refractivity contribution in [1.29, 1.82) is 0 Å². The van der Waals surface area contributed by atoms with Crippen molar-refractivity contribution in [2.45, 2.75) is 16.9 Å². The molecule has 3 N–H and O–H groups in total. The van der Waals surface area contributed by atoms with E-state index in [1.807, 2.05) is 0 Å². The number of amides is 1. The van der Waals surface area contributed by atoms with Crippen LogP contribution in [0.1, 0.15) is 16.8 Å². The van der Waals surface area contributed by atoms with Crippen LogP contribution in [0, 0.1) is 0 Å². The highest BCUT2D eigenvalue weighted by atomic mass is 32.2. The molecule has 0 aliphatic carbocycles. The summed E-state index contributed by atoms with van der Waals surface area (Å²) in [6.07, 6.45) is 1.78. The summed E-state index contributed by atoms with van der Waals surface area (Å²) in [4.78, 5) is 23.8. The highest BCUT2D eigenvalue weighted by Gasteiger charge is 2.43. The molecule has 0 spiro atoms. The number of carbonyl (C=O) groups is 2. The molecule has 0 bridgehead atoms. The predicted octanol–water partition coefficient (Wildman–Crippen LogP) is 0.841. The number of rotatable bonds is 7. The Morgan fingerprint density at radius 1 is 1.33 bits per heavy atom. The fourth-order valence-corrected chi connectivity index (χ4v) is 4.54. The Kier molecular flexibility index (Phi) is 5.68. The average Bonchev–Trinajstić information content (AvgIpc) is 3.03. The molecule has 0 radical (unpaired) electrons. The van der Waals surface area contributed by atoms with Crippen LogP contribution in [0.3, 0.4) is 0 Å². The molecule has 1 fully saturated rings. The topological polar surface area (TPSA) is 113 Å². The Bertz CT molecular complexity index is 738. The molecule has 1 saturated heterocycles. The predicted molar refractivity (Wildman–Crippen MR) is 91.6 cm³/mol. The normalized spacial score (nSPS) is 20.5. The SMILES string of the molecule is C=CCNS(=O)(=O)c1ccc(C(=O)NC2(C(=O)O)CCSC2)cc1. The minimum absolute atomic E-state index is 0.0188. The second-order valence-electron chi connectivity index (χ2n) is 5.31. The molecule has 1 atom stereocenters. The van der Waals surface area contributed by atoms with Crippen LogP contribution in [0.4, 0.5) is 0 Å². The van der Waals surface area contributed by atoms with E-state index in [9.17, 15) is 23.1 Å². The molecule has 1 amide bonds. The zero-order chi connectivity index (χ0) is 17.8. The van der Waals surface area contributed by atoms with E-state index in [1.165, 1.54) is 42.1 Å². The maximum Gasteiger partial charge on any atom is 0.330 e. The summed E-state index contributed by atoms with van der Waals surface area (Å²) < 4.78 is 26.2. The monoisotopic (exact) mass is 370 g/mol. The molecule has 1 aromatic rings. The van der Waals surface area contributed by atoms with Gasteiger partial charge in [0.25, 0.3) is 5.91 Å². The van der Waals surface area contributed by atoms with Gasteiger partial charge in [0.05, 0.1) is 4.90 Å². The smallest absolute Gasteiger partial charge is 0.330 e. The Morgan fingerprint density at radius 2 is 2.00 bits per heavy atom. The molecule has 7 nitrogen and oxygen atoms in total. The zero-order valence-corrected chi connectivity index (χ0v) is 14.5. The minimum atomic E-state index is -3.66. The van der Waals surface area contributed by atoms with Gasteiger partial charge in [-0.25, -0.2) is 17.9 Å². The van der Waals surface area contributed by atoms with Crippen LogP contribution >= 0.6 is 11.8 Å². The van der Waals surface area contributed by atoms with Gasteiger partial charge >= 0.3 is 5.97 Å². The molecule has 1 aromatic carbocycles. The number of carboxylic acid groups (broad SMARTS) is 1. The van der Waals surface area contributed by atoms with E-state index in [-0.39, 0.29) is 17.0 Å². The Morgan fingerprint density at radius 3 is 2.50 bits per heavy atom. The molecule has 1 aliphatic heterocycles. The zero-order valence-electron chi connectivity index (χ0n) is 12.8. The van der Waals surface area contributed by atoms with E-state index in [0.29, 0.717) is 17.9 Å². The highest BCUT2D eigenvalue weighted by Crippen LogP contribution is 2.28. The molecule has 24 heavy (non-hydrogen) atoms. The quantitative estimate of drug-likeness (QED) is 0.613. The molecular weight excluding hydrogens is 352 g/mol. The van der Waals surface area contributed by atoms with Crippen molar-refractivity contribution >= 4 is 33.7 Å². The lowest BCUT2D eigenvalue weighted by atomic mass is 9.98. The third-order valence-corrected chi connectivity index (χ3v) is 6.26. The van der Waals surface area contributed by atoms with Gasteiger partial charge in [0.15, 0.2) is 0 Å². The molecule has 1 aliphatic rings. The fraction of sp³-hybridized carbons (Fsp3) is 0.333. The molecule has 0 aromatic heterocycles. The Hall–Kier alpha value is -1.84. The maximum absolute atomic E-state index is 12.3. The standard InChI is InChI=1S/C15H18N2O5S2/c1-2-8-16-24(21,22)12-5-3-11(4-6-12)13(18)17-15(14(19)20)7-9-23-10-15/h2-6,16H,1,7-10H2,(H,17,18)(H,19,20). The fourth-order valence-electron chi connectivity index (χ4n) is 2.21. The van der Waals surface area contributed by atoms with Gasteiger partial charge in [-0.2, -0.15) is 11.8 Å². The first-order valence-electron chi connectivity index (χ1n) is 7.15. The van der Waals surface area contributed by atoms with Gasteiger partial charge in [0, 0.05) is 17.9 Å². The number of thioether (sulfide) groups is 1.